The molecule has 5 rings (SSSR count). The second-order valence-electron chi connectivity index (χ2n) is 8.34. The van der Waals surface area contributed by atoms with Crippen molar-refractivity contribution in [2.75, 3.05) is 31.1 Å². The van der Waals surface area contributed by atoms with Gasteiger partial charge in [0.2, 0.25) is 11.8 Å². The van der Waals surface area contributed by atoms with Crippen LogP contribution in [-0.4, -0.2) is 64.0 Å². The van der Waals surface area contributed by atoms with Crippen molar-refractivity contribution < 1.29 is 9.59 Å². The Morgan fingerprint density at radius 1 is 1.10 bits per heavy atom. The minimum atomic E-state index is -0.309. The number of aromatic nitrogens is 2. The molecule has 1 aromatic carbocycles. The molecule has 2 atom stereocenters. The number of carbonyl (C=O) groups excluding carboxylic acids is 2. The van der Waals surface area contributed by atoms with Gasteiger partial charge in [0.15, 0.2) is 5.82 Å². The van der Waals surface area contributed by atoms with Crippen LogP contribution < -0.4 is 10.2 Å². The first-order valence-corrected chi connectivity index (χ1v) is 11.2. The summed E-state index contributed by atoms with van der Waals surface area (Å²) < 4.78 is 0. The van der Waals surface area contributed by atoms with Crippen LogP contribution in [0.3, 0.4) is 0 Å². The zero-order valence-corrected chi connectivity index (χ0v) is 18.2. The summed E-state index contributed by atoms with van der Waals surface area (Å²) in [4.78, 5) is 30.8. The molecule has 0 spiro atoms. The summed E-state index contributed by atoms with van der Waals surface area (Å²) in [7, 11) is 0. The van der Waals surface area contributed by atoms with Crippen LogP contribution >= 0.6 is 12.6 Å². The fourth-order valence-corrected chi connectivity index (χ4v) is 5.29. The van der Waals surface area contributed by atoms with E-state index >= 15 is 0 Å². The molecule has 2 aromatic rings. The molecule has 1 aromatic heterocycles. The number of thiol groups is 1. The molecular formula is C22H26N6O2S. The summed E-state index contributed by atoms with van der Waals surface area (Å²) in [5.41, 5.74) is 3.73. The summed E-state index contributed by atoms with van der Waals surface area (Å²) in [6.45, 7) is 5.33. The molecule has 0 aliphatic carbocycles. The van der Waals surface area contributed by atoms with Gasteiger partial charge in [-0.25, -0.2) is 0 Å². The summed E-state index contributed by atoms with van der Waals surface area (Å²) in [6.07, 6.45) is 2.63. The zero-order valence-electron chi connectivity index (χ0n) is 17.3. The van der Waals surface area contributed by atoms with Crippen molar-refractivity contribution in [3.63, 3.8) is 0 Å². The van der Waals surface area contributed by atoms with Gasteiger partial charge in [-0.2, -0.15) is 17.7 Å². The summed E-state index contributed by atoms with van der Waals surface area (Å²) in [5, 5.41) is 10.5. The number of piperazine rings is 1. The Morgan fingerprint density at radius 2 is 1.94 bits per heavy atom. The number of rotatable bonds is 4. The molecule has 31 heavy (non-hydrogen) atoms. The smallest absolute Gasteiger partial charge is 0.243 e. The number of benzene rings is 1. The molecule has 1 N–H and O–H groups in total. The number of nitrogens with one attached hydrogen (secondary N) is 1. The molecular weight excluding hydrogens is 412 g/mol. The quantitative estimate of drug-likeness (QED) is 0.551. The monoisotopic (exact) mass is 438 g/mol. The molecule has 0 saturated carbocycles. The normalized spacial score (nSPS) is 24.9. The van der Waals surface area contributed by atoms with Gasteiger partial charge in [-0.3, -0.25) is 24.7 Å². The molecule has 9 heteroatoms. The lowest BCUT2D eigenvalue weighted by atomic mass is 10.0. The zero-order chi connectivity index (χ0) is 21.4. The van der Waals surface area contributed by atoms with Gasteiger partial charge in [0.25, 0.3) is 0 Å². The first-order valence-electron chi connectivity index (χ1n) is 10.7. The number of piperidine rings is 1. The number of carbonyl (C=O) groups is 2. The van der Waals surface area contributed by atoms with Crippen molar-refractivity contribution in [1.29, 1.82) is 0 Å². The Hall–Kier alpha value is -2.49. The van der Waals surface area contributed by atoms with Crippen LogP contribution in [0.2, 0.25) is 0 Å². The summed E-state index contributed by atoms with van der Waals surface area (Å²) in [5.74, 6) is 0.542. The number of anilines is 1. The van der Waals surface area contributed by atoms with Crippen LogP contribution in [0.5, 0.6) is 0 Å². The van der Waals surface area contributed by atoms with Gasteiger partial charge >= 0.3 is 0 Å². The lowest BCUT2D eigenvalue weighted by Gasteiger charge is -2.35. The molecule has 8 nitrogen and oxygen atoms in total. The molecule has 3 aliphatic heterocycles. The molecule has 3 aliphatic rings. The average Bonchev–Trinajstić information content (AvgIpc) is 3.12. The van der Waals surface area contributed by atoms with E-state index in [9.17, 15) is 9.59 Å². The van der Waals surface area contributed by atoms with Gasteiger partial charge in [0.1, 0.15) is 0 Å². The van der Waals surface area contributed by atoms with Crippen molar-refractivity contribution >= 4 is 30.3 Å². The van der Waals surface area contributed by atoms with Gasteiger partial charge < -0.3 is 4.90 Å². The van der Waals surface area contributed by atoms with E-state index in [0.29, 0.717) is 19.4 Å². The van der Waals surface area contributed by atoms with Gasteiger partial charge in [-0.15, -0.1) is 5.10 Å². The Labute approximate surface area is 187 Å². The van der Waals surface area contributed by atoms with E-state index in [1.807, 2.05) is 12.1 Å². The predicted molar refractivity (Wildman–Crippen MR) is 119 cm³/mol. The third-order valence-electron chi connectivity index (χ3n) is 6.50. The van der Waals surface area contributed by atoms with E-state index in [2.05, 4.69) is 48.4 Å². The Morgan fingerprint density at radius 3 is 2.68 bits per heavy atom. The largest absolute Gasteiger partial charge is 0.353 e. The van der Waals surface area contributed by atoms with Crippen LogP contribution in [-0.2, 0) is 22.7 Å². The van der Waals surface area contributed by atoms with Crippen molar-refractivity contribution in [3.8, 4) is 0 Å². The first kappa shape index (κ1) is 20.4. The van der Waals surface area contributed by atoms with Gasteiger partial charge in [0.05, 0.1) is 11.4 Å². The van der Waals surface area contributed by atoms with Crippen molar-refractivity contribution in [2.24, 2.45) is 0 Å². The number of amides is 2. The number of nitrogens with zero attached hydrogens (tertiary/aromatic N) is 5. The molecule has 2 amide bonds. The van der Waals surface area contributed by atoms with E-state index in [1.54, 1.807) is 6.20 Å². The fraction of sp³-hybridized carbons (Fsp3) is 0.455. The van der Waals surface area contributed by atoms with Gasteiger partial charge in [0, 0.05) is 51.9 Å². The maximum atomic E-state index is 12.4. The maximum absolute atomic E-state index is 12.4. The van der Waals surface area contributed by atoms with Crippen molar-refractivity contribution in [1.82, 2.24) is 25.3 Å². The van der Waals surface area contributed by atoms with Crippen molar-refractivity contribution in [2.45, 2.75) is 37.3 Å². The van der Waals surface area contributed by atoms with E-state index in [-0.39, 0.29) is 23.2 Å². The van der Waals surface area contributed by atoms with Crippen LogP contribution in [0, 0.1) is 0 Å². The number of hydrogen-bond acceptors (Lipinski definition) is 8. The molecule has 162 valence electrons. The molecule has 2 saturated heterocycles. The average molecular weight is 439 g/mol. The van der Waals surface area contributed by atoms with E-state index in [0.717, 1.165) is 38.5 Å². The minimum absolute atomic E-state index is 0.132. The molecule has 0 bridgehead atoms. The summed E-state index contributed by atoms with van der Waals surface area (Å²) >= 11 is 4.83. The highest BCUT2D eigenvalue weighted by Crippen LogP contribution is 2.40. The first-order chi connectivity index (χ1) is 15.1. The summed E-state index contributed by atoms with van der Waals surface area (Å²) in [6, 6.07) is 9.99. The third-order valence-corrected chi connectivity index (χ3v) is 7.08. The molecule has 2 fully saturated rings. The van der Waals surface area contributed by atoms with Gasteiger partial charge in [-0.1, -0.05) is 18.2 Å². The van der Waals surface area contributed by atoms with Crippen LogP contribution in [0.4, 0.5) is 5.82 Å². The molecule has 0 radical (unpaired) electrons. The highest BCUT2D eigenvalue weighted by atomic mass is 32.1. The minimum Gasteiger partial charge on any atom is -0.353 e. The number of imide groups is 1. The molecule has 2 unspecified atom stereocenters. The molecule has 4 heterocycles. The standard InChI is InChI=1S/C22H26N6O2S/c29-20-7-6-18(21(30)24-20)28-14-17-15(3-1-4-16(17)22(28)31)13-26-9-11-27(12-10-26)19-5-2-8-23-25-19/h1-5,8,18,22,31H,6-7,9-14H2,(H,24,29,30). The fourth-order valence-electron chi connectivity index (χ4n) is 4.80. The SMILES string of the molecule is O=C1CCC(N2Cc3c(CN4CCN(c5cccnn5)CC4)cccc3C2S)C(=O)N1. The highest BCUT2D eigenvalue weighted by molar-refractivity contribution is 7.80. The topological polar surface area (TPSA) is 81.7 Å². The number of hydrogen-bond donors (Lipinski definition) is 2. The second kappa shape index (κ2) is 8.57. The van der Waals surface area contributed by atoms with Crippen molar-refractivity contribution in [3.05, 3.63) is 53.2 Å². The highest BCUT2D eigenvalue weighted by Gasteiger charge is 2.39. The number of fused-ring (bicyclic) bond motifs is 1. The Bertz CT molecular complexity index is 979. The van der Waals surface area contributed by atoms with E-state index in [4.69, 9.17) is 12.6 Å². The Balaban J connectivity index is 1.26. The second-order valence-corrected chi connectivity index (χ2v) is 8.83. The van der Waals surface area contributed by atoms with E-state index < -0.39 is 0 Å². The maximum Gasteiger partial charge on any atom is 0.243 e. The van der Waals surface area contributed by atoms with Crippen LogP contribution in [0.1, 0.15) is 34.9 Å². The van der Waals surface area contributed by atoms with Crippen LogP contribution in [0.25, 0.3) is 0 Å². The Kier molecular flexibility index (Phi) is 5.64. The van der Waals surface area contributed by atoms with Gasteiger partial charge in [-0.05, 0) is 35.2 Å². The lowest BCUT2D eigenvalue weighted by molar-refractivity contribution is -0.137. The predicted octanol–water partition coefficient (Wildman–Crippen LogP) is 1.35. The van der Waals surface area contributed by atoms with E-state index in [1.165, 1.54) is 16.7 Å². The third kappa shape index (κ3) is 4.05. The van der Waals surface area contributed by atoms with Crippen LogP contribution in [0.15, 0.2) is 36.5 Å². The lowest BCUT2D eigenvalue weighted by Crippen LogP contribution is -2.51.